The van der Waals surface area contributed by atoms with Crippen molar-refractivity contribution in [1.82, 2.24) is 9.97 Å². The van der Waals surface area contributed by atoms with E-state index in [4.69, 9.17) is 0 Å². The van der Waals surface area contributed by atoms with Gasteiger partial charge in [-0.25, -0.2) is 9.97 Å². The Kier molecular flexibility index (Phi) is 2.36. The number of rotatable bonds is 1. The van der Waals surface area contributed by atoms with Gasteiger partial charge < -0.3 is 0 Å². The second kappa shape index (κ2) is 3.28. The van der Waals surface area contributed by atoms with E-state index in [-0.39, 0.29) is 0 Å². The molecule has 58 valence electrons. The lowest BCUT2D eigenvalue weighted by Crippen LogP contribution is -1.92. The molecule has 1 rings (SSSR count). The summed E-state index contributed by atoms with van der Waals surface area (Å²) in [7, 11) is 0. The lowest BCUT2D eigenvalue weighted by molar-refractivity contribution is 1.03. The summed E-state index contributed by atoms with van der Waals surface area (Å²) in [5, 5.41) is 0. The van der Waals surface area contributed by atoms with Crippen molar-refractivity contribution < 1.29 is 0 Å². The number of aryl methyl sites for hydroxylation is 2. The predicted octanol–water partition coefficient (Wildman–Crippen LogP) is 2.13. The third-order valence-electron chi connectivity index (χ3n) is 1.32. The third-order valence-corrected chi connectivity index (χ3v) is 1.32. The van der Waals surface area contributed by atoms with E-state index in [0.29, 0.717) is 0 Å². The Hall–Kier alpha value is -1.18. The highest BCUT2D eigenvalue weighted by Gasteiger charge is 1.93. The molecule has 0 radical (unpaired) electrons. The smallest absolute Gasteiger partial charge is 0.152 e. The van der Waals surface area contributed by atoms with E-state index in [1.54, 1.807) is 0 Å². The van der Waals surface area contributed by atoms with Crippen molar-refractivity contribution in [2.45, 2.75) is 20.8 Å². The predicted molar refractivity (Wildman–Crippen MR) is 46.2 cm³/mol. The minimum atomic E-state index is 0.796. The molecule has 1 heterocycles. The molecule has 0 bridgehead atoms. The molecular weight excluding hydrogens is 136 g/mol. The molecule has 0 aromatic carbocycles. The van der Waals surface area contributed by atoms with Gasteiger partial charge in [-0.05, 0) is 32.9 Å². The molecule has 1 aromatic heterocycles. The summed E-state index contributed by atoms with van der Waals surface area (Å²) >= 11 is 0. The number of hydrogen-bond donors (Lipinski definition) is 0. The van der Waals surface area contributed by atoms with Gasteiger partial charge in [-0.3, -0.25) is 0 Å². The summed E-state index contributed by atoms with van der Waals surface area (Å²) in [6.45, 7) is 5.91. The van der Waals surface area contributed by atoms with E-state index in [0.717, 1.165) is 17.2 Å². The Morgan fingerprint density at radius 3 is 2.18 bits per heavy atom. The maximum absolute atomic E-state index is 4.23. The van der Waals surface area contributed by atoms with E-state index < -0.39 is 0 Å². The van der Waals surface area contributed by atoms with E-state index >= 15 is 0 Å². The monoisotopic (exact) mass is 148 g/mol. The second-order valence-corrected chi connectivity index (χ2v) is 2.51. The first-order chi connectivity index (χ1) is 5.22. The van der Waals surface area contributed by atoms with Gasteiger partial charge in [0, 0.05) is 11.4 Å². The normalized spacial score (nSPS) is 10.8. The lowest BCUT2D eigenvalue weighted by Gasteiger charge is -1.96. The standard InChI is InChI=1S/C9H12N2/c1-4-5-9-10-7(2)6-8(3)11-9/h4-6H,1-3H3. The summed E-state index contributed by atoms with van der Waals surface area (Å²) in [5.74, 6) is 0.796. The van der Waals surface area contributed by atoms with Crippen molar-refractivity contribution >= 4 is 6.08 Å². The first-order valence-corrected chi connectivity index (χ1v) is 3.67. The molecule has 0 N–H and O–H groups in total. The molecule has 0 saturated carbocycles. The Labute approximate surface area is 67.0 Å². The van der Waals surface area contributed by atoms with Crippen molar-refractivity contribution in [2.24, 2.45) is 0 Å². The van der Waals surface area contributed by atoms with Gasteiger partial charge in [-0.2, -0.15) is 0 Å². The van der Waals surface area contributed by atoms with Crippen LogP contribution in [0.5, 0.6) is 0 Å². The van der Waals surface area contributed by atoms with Crippen LogP contribution in [-0.2, 0) is 0 Å². The molecule has 0 amide bonds. The molecule has 0 fully saturated rings. The summed E-state index contributed by atoms with van der Waals surface area (Å²) in [6.07, 6.45) is 3.84. The van der Waals surface area contributed by atoms with Crippen LogP contribution >= 0.6 is 0 Å². The average molecular weight is 148 g/mol. The SMILES string of the molecule is CC=Cc1nc(C)cc(C)n1. The van der Waals surface area contributed by atoms with E-state index in [9.17, 15) is 0 Å². The van der Waals surface area contributed by atoms with Crippen LogP contribution in [0, 0.1) is 13.8 Å². The van der Waals surface area contributed by atoms with Crippen molar-refractivity contribution in [3.8, 4) is 0 Å². The molecule has 0 saturated heterocycles. The van der Waals surface area contributed by atoms with Crippen LogP contribution < -0.4 is 0 Å². The maximum atomic E-state index is 4.23. The highest BCUT2D eigenvalue weighted by atomic mass is 14.9. The lowest BCUT2D eigenvalue weighted by atomic mass is 10.3. The molecule has 2 nitrogen and oxygen atoms in total. The highest BCUT2D eigenvalue weighted by molar-refractivity contribution is 5.39. The molecule has 0 unspecified atom stereocenters. The van der Waals surface area contributed by atoms with Gasteiger partial charge >= 0.3 is 0 Å². The van der Waals surface area contributed by atoms with Crippen LogP contribution in [0.3, 0.4) is 0 Å². The first-order valence-electron chi connectivity index (χ1n) is 3.67. The summed E-state index contributed by atoms with van der Waals surface area (Å²) in [5.41, 5.74) is 2.04. The van der Waals surface area contributed by atoms with Gasteiger partial charge in [0.05, 0.1) is 0 Å². The molecule has 0 aliphatic heterocycles. The van der Waals surface area contributed by atoms with Gasteiger partial charge in [0.15, 0.2) is 5.82 Å². The van der Waals surface area contributed by atoms with Gasteiger partial charge in [0.1, 0.15) is 0 Å². The van der Waals surface area contributed by atoms with Crippen molar-refractivity contribution in [2.75, 3.05) is 0 Å². The first kappa shape index (κ1) is 7.92. The van der Waals surface area contributed by atoms with E-state index in [1.165, 1.54) is 0 Å². The van der Waals surface area contributed by atoms with Crippen molar-refractivity contribution in [3.63, 3.8) is 0 Å². The average Bonchev–Trinajstić information content (AvgIpc) is 1.85. The molecule has 11 heavy (non-hydrogen) atoms. The van der Waals surface area contributed by atoms with Crippen LogP contribution in [0.1, 0.15) is 24.1 Å². The molecular formula is C9H12N2. The topological polar surface area (TPSA) is 25.8 Å². The fourth-order valence-corrected chi connectivity index (χ4v) is 0.977. The van der Waals surface area contributed by atoms with E-state index in [2.05, 4.69) is 9.97 Å². The van der Waals surface area contributed by atoms with Gasteiger partial charge in [0.2, 0.25) is 0 Å². The minimum absolute atomic E-state index is 0.796. The third kappa shape index (κ3) is 2.15. The quantitative estimate of drug-likeness (QED) is 0.609. The van der Waals surface area contributed by atoms with Gasteiger partial charge in [0.25, 0.3) is 0 Å². The van der Waals surface area contributed by atoms with E-state index in [1.807, 2.05) is 39.0 Å². The highest BCUT2D eigenvalue weighted by Crippen LogP contribution is 2.00. The molecule has 0 aliphatic carbocycles. The molecule has 0 spiro atoms. The maximum Gasteiger partial charge on any atom is 0.152 e. The fraction of sp³-hybridized carbons (Fsp3) is 0.333. The van der Waals surface area contributed by atoms with Gasteiger partial charge in [-0.1, -0.05) is 6.08 Å². The number of hydrogen-bond acceptors (Lipinski definition) is 2. The Morgan fingerprint density at radius 1 is 1.18 bits per heavy atom. The second-order valence-electron chi connectivity index (χ2n) is 2.51. The fourth-order valence-electron chi connectivity index (χ4n) is 0.977. The zero-order chi connectivity index (χ0) is 8.27. The number of allylic oxidation sites excluding steroid dienone is 1. The Bertz CT molecular complexity index is 257. The summed E-state index contributed by atoms with van der Waals surface area (Å²) in [6, 6.07) is 1.97. The van der Waals surface area contributed by atoms with Crippen molar-refractivity contribution in [1.29, 1.82) is 0 Å². The zero-order valence-corrected chi connectivity index (χ0v) is 7.13. The molecule has 1 aromatic rings. The van der Waals surface area contributed by atoms with Crippen LogP contribution in [0.25, 0.3) is 6.08 Å². The van der Waals surface area contributed by atoms with Crippen molar-refractivity contribution in [3.05, 3.63) is 29.4 Å². The van der Waals surface area contributed by atoms with Crippen LogP contribution in [0.4, 0.5) is 0 Å². The van der Waals surface area contributed by atoms with Crippen LogP contribution in [0.2, 0.25) is 0 Å². The van der Waals surface area contributed by atoms with Gasteiger partial charge in [-0.15, -0.1) is 0 Å². The summed E-state index contributed by atoms with van der Waals surface area (Å²) in [4.78, 5) is 8.45. The van der Waals surface area contributed by atoms with Crippen LogP contribution in [-0.4, -0.2) is 9.97 Å². The minimum Gasteiger partial charge on any atom is -0.234 e. The largest absolute Gasteiger partial charge is 0.234 e. The Balaban J connectivity index is 3.08. The number of aromatic nitrogens is 2. The molecule has 0 atom stereocenters. The zero-order valence-electron chi connectivity index (χ0n) is 7.13. The number of nitrogens with zero attached hydrogens (tertiary/aromatic N) is 2. The summed E-state index contributed by atoms with van der Waals surface area (Å²) < 4.78 is 0. The van der Waals surface area contributed by atoms with Crippen LogP contribution in [0.15, 0.2) is 12.1 Å². The molecule has 0 aliphatic rings. The Morgan fingerprint density at radius 2 is 1.73 bits per heavy atom. The molecule has 2 heteroatoms.